The van der Waals surface area contributed by atoms with Gasteiger partial charge in [0.1, 0.15) is 0 Å². The first kappa shape index (κ1) is 22.6. The van der Waals surface area contributed by atoms with Gasteiger partial charge in [-0.1, -0.05) is 49.0 Å². The number of amides is 2. The molecule has 3 aromatic rings. The molecule has 1 atom stereocenters. The molecule has 0 saturated heterocycles. The number of nitrogens with one attached hydrogen (secondary N) is 2. The highest BCUT2D eigenvalue weighted by atomic mass is 32.2. The fourth-order valence-electron chi connectivity index (χ4n) is 3.15. The smallest absolute Gasteiger partial charge is 0.252 e. The standard InChI is InChI=1S/C23H27N5O2S/c1-5-17-10-12-18(13-11-17)25-20(29)14-31-23-27-26-21(28(23)4)16(3)24-22(30)19-9-7-6-8-15(19)2/h6-13,16H,5,14H2,1-4H3,(H,24,30)(H,25,29)/t16-/m0/s1. The zero-order valence-electron chi connectivity index (χ0n) is 18.2. The van der Waals surface area contributed by atoms with Gasteiger partial charge in [0.15, 0.2) is 11.0 Å². The number of thioether (sulfide) groups is 1. The Morgan fingerprint density at radius 3 is 2.48 bits per heavy atom. The maximum Gasteiger partial charge on any atom is 0.252 e. The van der Waals surface area contributed by atoms with Gasteiger partial charge in [-0.25, -0.2) is 0 Å². The molecule has 3 rings (SSSR count). The van der Waals surface area contributed by atoms with Crippen molar-refractivity contribution in [2.24, 2.45) is 7.05 Å². The van der Waals surface area contributed by atoms with E-state index in [9.17, 15) is 9.59 Å². The molecule has 0 radical (unpaired) electrons. The SMILES string of the molecule is CCc1ccc(NC(=O)CSc2nnc([C@H](C)NC(=O)c3ccccc3C)n2C)cc1. The second-order valence-corrected chi connectivity index (χ2v) is 8.24. The van der Waals surface area contributed by atoms with Gasteiger partial charge in [0.2, 0.25) is 5.91 Å². The predicted octanol–water partition coefficient (Wildman–Crippen LogP) is 3.91. The minimum absolute atomic E-state index is 0.111. The van der Waals surface area contributed by atoms with Gasteiger partial charge >= 0.3 is 0 Å². The zero-order chi connectivity index (χ0) is 22.4. The molecule has 0 unspecified atom stereocenters. The van der Waals surface area contributed by atoms with Gasteiger partial charge in [-0.3, -0.25) is 9.59 Å². The Morgan fingerprint density at radius 2 is 1.81 bits per heavy atom. The molecule has 0 aliphatic carbocycles. The summed E-state index contributed by atoms with van der Waals surface area (Å²) in [6.45, 7) is 5.86. The van der Waals surface area contributed by atoms with Crippen LogP contribution < -0.4 is 10.6 Å². The summed E-state index contributed by atoms with van der Waals surface area (Å²) in [5, 5.41) is 14.9. The van der Waals surface area contributed by atoms with Crippen molar-refractivity contribution in [3.8, 4) is 0 Å². The highest BCUT2D eigenvalue weighted by molar-refractivity contribution is 7.99. The van der Waals surface area contributed by atoms with Crippen LogP contribution in [0.5, 0.6) is 0 Å². The molecule has 31 heavy (non-hydrogen) atoms. The molecular formula is C23H27N5O2S. The van der Waals surface area contributed by atoms with Crippen LogP contribution in [0.1, 0.15) is 47.2 Å². The largest absolute Gasteiger partial charge is 0.342 e. The highest BCUT2D eigenvalue weighted by Crippen LogP contribution is 2.20. The van der Waals surface area contributed by atoms with E-state index >= 15 is 0 Å². The van der Waals surface area contributed by atoms with E-state index in [0.29, 0.717) is 16.5 Å². The fraction of sp³-hybridized carbons (Fsp3) is 0.304. The molecule has 1 aromatic heterocycles. The topological polar surface area (TPSA) is 88.9 Å². The lowest BCUT2D eigenvalue weighted by Crippen LogP contribution is -2.29. The summed E-state index contributed by atoms with van der Waals surface area (Å²) in [6, 6.07) is 14.9. The average molecular weight is 438 g/mol. The molecular weight excluding hydrogens is 410 g/mol. The Labute approximate surface area is 186 Å². The third-order valence-electron chi connectivity index (χ3n) is 4.97. The van der Waals surface area contributed by atoms with Crippen molar-refractivity contribution in [2.45, 2.75) is 38.4 Å². The molecule has 0 bridgehead atoms. The summed E-state index contributed by atoms with van der Waals surface area (Å²) < 4.78 is 1.80. The molecule has 0 aliphatic rings. The van der Waals surface area contributed by atoms with Crippen LogP contribution in [0.15, 0.2) is 53.7 Å². The summed E-state index contributed by atoms with van der Waals surface area (Å²) in [6.07, 6.45) is 0.961. The number of aromatic nitrogens is 3. The van der Waals surface area contributed by atoms with E-state index < -0.39 is 0 Å². The normalized spacial score (nSPS) is 11.7. The van der Waals surface area contributed by atoms with Crippen LogP contribution in [0.25, 0.3) is 0 Å². The van der Waals surface area contributed by atoms with Crippen molar-refractivity contribution in [2.75, 3.05) is 11.1 Å². The summed E-state index contributed by atoms with van der Waals surface area (Å²) >= 11 is 1.30. The van der Waals surface area contributed by atoms with Crippen LogP contribution in [-0.2, 0) is 18.3 Å². The van der Waals surface area contributed by atoms with Crippen molar-refractivity contribution in [1.29, 1.82) is 0 Å². The molecule has 2 amide bonds. The van der Waals surface area contributed by atoms with Crippen LogP contribution in [0.3, 0.4) is 0 Å². The Hall–Kier alpha value is -3.13. The van der Waals surface area contributed by atoms with Crippen molar-refractivity contribution in [3.05, 3.63) is 71.0 Å². The summed E-state index contributed by atoms with van der Waals surface area (Å²) in [4.78, 5) is 24.8. The van der Waals surface area contributed by atoms with Crippen molar-refractivity contribution >= 4 is 29.3 Å². The molecule has 2 aromatic carbocycles. The predicted molar refractivity (Wildman–Crippen MR) is 123 cm³/mol. The van der Waals surface area contributed by atoms with Gasteiger partial charge in [0.25, 0.3) is 5.91 Å². The lowest BCUT2D eigenvalue weighted by atomic mass is 10.1. The van der Waals surface area contributed by atoms with E-state index in [1.54, 1.807) is 10.6 Å². The molecule has 0 fully saturated rings. The first-order chi connectivity index (χ1) is 14.9. The Balaban J connectivity index is 1.57. The maximum atomic E-state index is 12.6. The van der Waals surface area contributed by atoms with E-state index in [-0.39, 0.29) is 23.6 Å². The number of hydrogen-bond acceptors (Lipinski definition) is 5. The van der Waals surface area contributed by atoms with Gasteiger partial charge in [-0.15, -0.1) is 10.2 Å². The van der Waals surface area contributed by atoms with Crippen molar-refractivity contribution in [1.82, 2.24) is 20.1 Å². The van der Waals surface area contributed by atoms with Crippen LogP contribution in [0.2, 0.25) is 0 Å². The second kappa shape index (κ2) is 10.3. The van der Waals surface area contributed by atoms with Crippen LogP contribution in [0, 0.1) is 6.92 Å². The lowest BCUT2D eigenvalue weighted by Gasteiger charge is -2.14. The number of aryl methyl sites for hydroxylation is 2. The highest BCUT2D eigenvalue weighted by Gasteiger charge is 2.19. The monoisotopic (exact) mass is 437 g/mol. The van der Waals surface area contributed by atoms with Gasteiger partial charge < -0.3 is 15.2 Å². The third-order valence-corrected chi connectivity index (χ3v) is 5.99. The van der Waals surface area contributed by atoms with E-state index in [2.05, 4.69) is 27.8 Å². The van der Waals surface area contributed by atoms with E-state index in [0.717, 1.165) is 17.7 Å². The first-order valence-corrected chi connectivity index (χ1v) is 11.1. The van der Waals surface area contributed by atoms with Gasteiger partial charge in [-0.05, 0) is 49.6 Å². The van der Waals surface area contributed by atoms with Gasteiger partial charge in [0.05, 0.1) is 11.8 Å². The molecule has 8 heteroatoms. The number of carbonyl (C=O) groups is 2. The van der Waals surface area contributed by atoms with Crippen LogP contribution in [0.4, 0.5) is 5.69 Å². The molecule has 0 saturated carbocycles. The quantitative estimate of drug-likeness (QED) is 0.522. The number of nitrogens with zero attached hydrogens (tertiary/aromatic N) is 3. The number of anilines is 1. The van der Waals surface area contributed by atoms with Crippen molar-refractivity contribution in [3.63, 3.8) is 0 Å². The molecule has 7 nitrogen and oxygen atoms in total. The minimum atomic E-state index is -0.329. The summed E-state index contributed by atoms with van der Waals surface area (Å²) in [5.74, 6) is 0.571. The van der Waals surface area contributed by atoms with Crippen LogP contribution >= 0.6 is 11.8 Å². The van der Waals surface area contributed by atoms with E-state index in [1.807, 2.05) is 63.4 Å². The molecule has 1 heterocycles. The minimum Gasteiger partial charge on any atom is -0.342 e. The number of rotatable bonds is 8. The molecule has 162 valence electrons. The first-order valence-electron chi connectivity index (χ1n) is 10.2. The second-order valence-electron chi connectivity index (χ2n) is 7.30. The average Bonchev–Trinajstić information content (AvgIpc) is 3.13. The molecule has 2 N–H and O–H groups in total. The summed E-state index contributed by atoms with van der Waals surface area (Å²) in [5.41, 5.74) is 3.54. The molecule has 0 aliphatic heterocycles. The lowest BCUT2D eigenvalue weighted by molar-refractivity contribution is -0.113. The Bertz CT molecular complexity index is 1060. The summed E-state index contributed by atoms with van der Waals surface area (Å²) in [7, 11) is 1.83. The van der Waals surface area contributed by atoms with E-state index in [1.165, 1.54) is 17.3 Å². The number of hydrogen-bond donors (Lipinski definition) is 2. The van der Waals surface area contributed by atoms with Crippen LogP contribution in [-0.4, -0.2) is 32.3 Å². The fourth-order valence-corrected chi connectivity index (χ4v) is 3.86. The maximum absolute atomic E-state index is 12.6. The number of benzene rings is 2. The Morgan fingerprint density at radius 1 is 1.10 bits per heavy atom. The third kappa shape index (κ3) is 5.73. The Kier molecular flexibility index (Phi) is 7.46. The van der Waals surface area contributed by atoms with Gasteiger partial charge in [-0.2, -0.15) is 0 Å². The van der Waals surface area contributed by atoms with Gasteiger partial charge in [0, 0.05) is 18.3 Å². The molecule has 0 spiro atoms. The zero-order valence-corrected chi connectivity index (χ0v) is 19.0. The van der Waals surface area contributed by atoms with E-state index in [4.69, 9.17) is 0 Å². The van der Waals surface area contributed by atoms with Crippen molar-refractivity contribution < 1.29 is 9.59 Å². The number of carbonyl (C=O) groups excluding carboxylic acids is 2.